The molecule has 0 aliphatic heterocycles. The predicted molar refractivity (Wildman–Crippen MR) is 102 cm³/mol. The molecule has 0 amide bonds. The largest absolute Gasteiger partial charge is 0.508 e. The van der Waals surface area contributed by atoms with Crippen molar-refractivity contribution in [2.24, 2.45) is 0 Å². The standard InChI is InChI=1S/C21H16O5S/c22-18-7-4-8-20(15-18)27(24,25)26-19-12-9-16(10-13-19)11-14-21(23)17-5-2-1-3-6-17/h1-15,22H. The van der Waals surface area contributed by atoms with Gasteiger partial charge in [-0.3, -0.25) is 4.79 Å². The summed E-state index contributed by atoms with van der Waals surface area (Å²) in [5.41, 5.74) is 1.31. The van der Waals surface area contributed by atoms with Gasteiger partial charge in [-0.1, -0.05) is 54.6 Å². The van der Waals surface area contributed by atoms with Crippen molar-refractivity contribution in [2.75, 3.05) is 0 Å². The lowest BCUT2D eigenvalue weighted by Gasteiger charge is -2.07. The Morgan fingerprint density at radius 2 is 1.59 bits per heavy atom. The van der Waals surface area contributed by atoms with Crippen LogP contribution in [0.5, 0.6) is 11.5 Å². The molecule has 0 unspecified atom stereocenters. The van der Waals surface area contributed by atoms with Crippen LogP contribution in [-0.2, 0) is 10.1 Å². The summed E-state index contributed by atoms with van der Waals surface area (Å²) in [5, 5.41) is 9.41. The smallest absolute Gasteiger partial charge is 0.339 e. The van der Waals surface area contributed by atoms with Crippen LogP contribution in [-0.4, -0.2) is 19.3 Å². The molecule has 0 atom stereocenters. The molecule has 1 N–H and O–H groups in total. The minimum atomic E-state index is -4.04. The Morgan fingerprint density at radius 1 is 0.889 bits per heavy atom. The quantitative estimate of drug-likeness (QED) is 0.396. The molecule has 0 radical (unpaired) electrons. The van der Waals surface area contributed by atoms with Crippen molar-refractivity contribution < 1.29 is 22.5 Å². The maximum atomic E-state index is 12.2. The van der Waals surface area contributed by atoms with Crippen molar-refractivity contribution in [3.8, 4) is 11.5 Å². The first-order chi connectivity index (χ1) is 12.9. The van der Waals surface area contributed by atoms with Crippen LogP contribution in [0.25, 0.3) is 6.08 Å². The highest BCUT2D eigenvalue weighted by atomic mass is 32.2. The highest BCUT2D eigenvalue weighted by Gasteiger charge is 2.17. The van der Waals surface area contributed by atoms with Gasteiger partial charge >= 0.3 is 10.1 Å². The minimum Gasteiger partial charge on any atom is -0.508 e. The molecule has 0 saturated heterocycles. The first-order valence-corrected chi connectivity index (χ1v) is 9.46. The average molecular weight is 380 g/mol. The summed E-state index contributed by atoms with van der Waals surface area (Å²) in [6, 6.07) is 20.4. The molecule has 0 aliphatic carbocycles. The molecule has 6 heteroatoms. The van der Waals surface area contributed by atoms with E-state index in [-0.39, 0.29) is 22.2 Å². The van der Waals surface area contributed by atoms with E-state index in [0.717, 1.165) is 11.6 Å². The summed E-state index contributed by atoms with van der Waals surface area (Å²) in [6.45, 7) is 0. The fourth-order valence-corrected chi connectivity index (χ4v) is 3.29. The zero-order valence-electron chi connectivity index (χ0n) is 14.1. The predicted octanol–water partition coefficient (Wildman–Crippen LogP) is 4.06. The number of ketones is 1. The van der Waals surface area contributed by atoms with Crippen LogP contribution in [0.15, 0.2) is 89.8 Å². The Hall–Kier alpha value is -3.38. The first-order valence-electron chi connectivity index (χ1n) is 8.05. The zero-order valence-corrected chi connectivity index (χ0v) is 15.0. The van der Waals surface area contributed by atoms with Gasteiger partial charge in [-0.25, -0.2) is 0 Å². The van der Waals surface area contributed by atoms with Crippen molar-refractivity contribution in [1.29, 1.82) is 0 Å². The normalized spacial score (nSPS) is 11.4. The van der Waals surface area contributed by atoms with E-state index < -0.39 is 10.1 Å². The molecule has 0 aromatic heterocycles. The Balaban J connectivity index is 1.70. The number of aromatic hydroxyl groups is 1. The molecule has 0 fully saturated rings. The third kappa shape index (κ3) is 4.83. The summed E-state index contributed by atoms with van der Waals surface area (Å²) in [5.74, 6) is -0.157. The lowest BCUT2D eigenvalue weighted by molar-refractivity contribution is 0.104. The van der Waals surface area contributed by atoms with Gasteiger partial charge in [0.1, 0.15) is 16.4 Å². The molecule has 0 bridgehead atoms. The van der Waals surface area contributed by atoms with Gasteiger partial charge in [-0.2, -0.15) is 8.42 Å². The summed E-state index contributed by atoms with van der Waals surface area (Å²) in [4.78, 5) is 11.9. The molecule has 3 aromatic rings. The Kier molecular flexibility index (Phi) is 5.38. The molecule has 136 valence electrons. The lowest BCUT2D eigenvalue weighted by Crippen LogP contribution is -2.09. The van der Waals surface area contributed by atoms with E-state index in [2.05, 4.69) is 0 Å². The third-order valence-electron chi connectivity index (χ3n) is 3.68. The number of phenolic OH excluding ortho intramolecular Hbond substituents is 1. The van der Waals surface area contributed by atoms with E-state index in [9.17, 15) is 18.3 Å². The fraction of sp³-hybridized carbons (Fsp3) is 0. The Morgan fingerprint density at radius 3 is 2.26 bits per heavy atom. The molecule has 0 heterocycles. The second-order valence-corrected chi connectivity index (χ2v) is 7.21. The highest BCUT2D eigenvalue weighted by molar-refractivity contribution is 7.87. The number of carbonyl (C=O) groups excluding carboxylic acids is 1. The van der Waals surface area contributed by atoms with E-state index >= 15 is 0 Å². The summed E-state index contributed by atoms with van der Waals surface area (Å²) in [6.07, 6.45) is 3.09. The topological polar surface area (TPSA) is 80.7 Å². The SMILES string of the molecule is O=C(C=Cc1ccc(OS(=O)(=O)c2cccc(O)c2)cc1)c1ccccc1. The Labute approximate surface area is 157 Å². The van der Waals surface area contributed by atoms with Crippen LogP contribution in [0.1, 0.15) is 15.9 Å². The van der Waals surface area contributed by atoms with Crippen LogP contribution in [0.3, 0.4) is 0 Å². The van der Waals surface area contributed by atoms with Crippen LogP contribution in [0.4, 0.5) is 0 Å². The van der Waals surface area contributed by atoms with Gasteiger partial charge in [0.2, 0.25) is 0 Å². The maximum absolute atomic E-state index is 12.2. The summed E-state index contributed by atoms with van der Waals surface area (Å²) < 4.78 is 29.5. The van der Waals surface area contributed by atoms with E-state index in [0.29, 0.717) is 5.56 Å². The highest BCUT2D eigenvalue weighted by Crippen LogP contribution is 2.22. The summed E-state index contributed by atoms with van der Waals surface area (Å²) in [7, 11) is -4.04. The fourth-order valence-electron chi connectivity index (χ4n) is 2.32. The van der Waals surface area contributed by atoms with Crippen molar-refractivity contribution in [1.82, 2.24) is 0 Å². The Bertz CT molecular complexity index is 1070. The van der Waals surface area contributed by atoms with Gasteiger partial charge in [-0.05, 0) is 35.9 Å². The van der Waals surface area contributed by atoms with Gasteiger partial charge in [0.15, 0.2) is 5.78 Å². The van der Waals surface area contributed by atoms with E-state index in [4.69, 9.17) is 4.18 Å². The van der Waals surface area contributed by atoms with Crippen molar-refractivity contribution >= 4 is 22.0 Å². The average Bonchev–Trinajstić information content (AvgIpc) is 2.67. The number of allylic oxidation sites excluding steroid dienone is 1. The first kappa shape index (κ1) is 18.4. The molecule has 0 saturated carbocycles. The molecule has 5 nitrogen and oxygen atoms in total. The minimum absolute atomic E-state index is 0.123. The van der Waals surface area contributed by atoms with E-state index in [1.54, 1.807) is 42.5 Å². The second-order valence-electron chi connectivity index (χ2n) is 5.67. The number of phenols is 1. The van der Waals surface area contributed by atoms with Crippen LogP contribution < -0.4 is 4.18 Å². The molecule has 3 aromatic carbocycles. The molecule has 27 heavy (non-hydrogen) atoms. The maximum Gasteiger partial charge on any atom is 0.339 e. The van der Waals surface area contributed by atoms with Gasteiger partial charge in [-0.15, -0.1) is 0 Å². The molecular formula is C21H16O5S. The van der Waals surface area contributed by atoms with Gasteiger partial charge in [0, 0.05) is 11.6 Å². The number of benzene rings is 3. The number of carbonyl (C=O) groups is 1. The van der Waals surface area contributed by atoms with Crippen molar-refractivity contribution in [3.63, 3.8) is 0 Å². The molecule has 0 spiro atoms. The van der Waals surface area contributed by atoms with E-state index in [1.807, 2.05) is 6.07 Å². The van der Waals surface area contributed by atoms with Crippen LogP contribution in [0, 0.1) is 0 Å². The van der Waals surface area contributed by atoms with E-state index in [1.165, 1.54) is 36.4 Å². The zero-order chi connectivity index (χ0) is 19.3. The van der Waals surface area contributed by atoms with Crippen molar-refractivity contribution in [2.45, 2.75) is 4.90 Å². The van der Waals surface area contributed by atoms with Crippen molar-refractivity contribution in [3.05, 3.63) is 96.1 Å². The molecule has 3 rings (SSSR count). The molecular weight excluding hydrogens is 364 g/mol. The summed E-state index contributed by atoms with van der Waals surface area (Å²) >= 11 is 0. The number of hydrogen-bond acceptors (Lipinski definition) is 5. The van der Waals surface area contributed by atoms with Crippen LogP contribution >= 0.6 is 0 Å². The second kappa shape index (κ2) is 7.88. The van der Waals surface area contributed by atoms with Gasteiger partial charge in [0.05, 0.1) is 0 Å². The van der Waals surface area contributed by atoms with Gasteiger partial charge in [0.25, 0.3) is 0 Å². The monoisotopic (exact) mass is 380 g/mol. The van der Waals surface area contributed by atoms with Crippen LogP contribution in [0.2, 0.25) is 0 Å². The van der Waals surface area contributed by atoms with Gasteiger partial charge < -0.3 is 9.29 Å². The third-order valence-corrected chi connectivity index (χ3v) is 4.92. The molecule has 0 aliphatic rings. The lowest BCUT2D eigenvalue weighted by atomic mass is 10.1. The number of rotatable bonds is 6. The number of hydrogen-bond donors (Lipinski definition) is 1.